The van der Waals surface area contributed by atoms with Crippen LogP contribution < -0.4 is 4.74 Å². The standard InChI is InChI=1S/C13H10F3NO/c1-18-10-6-9(7-17-8-10)11-4-2-3-5-12(11)13(14,15)16/h2-8H,1H3. The van der Waals surface area contributed by atoms with Gasteiger partial charge >= 0.3 is 6.18 Å². The third-order valence-corrected chi connectivity index (χ3v) is 2.49. The molecule has 1 heterocycles. The van der Waals surface area contributed by atoms with Crippen molar-refractivity contribution in [2.75, 3.05) is 7.11 Å². The second kappa shape index (κ2) is 4.68. The van der Waals surface area contributed by atoms with E-state index in [4.69, 9.17) is 4.74 Å². The fourth-order valence-corrected chi connectivity index (χ4v) is 1.66. The maximum atomic E-state index is 12.9. The van der Waals surface area contributed by atoms with Gasteiger partial charge in [0.25, 0.3) is 0 Å². The predicted molar refractivity (Wildman–Crippen MR) is 61.2 cm³/mol. The van der Waals surface area contributed by atoms with Crippen molar-refractivity contribution in [2.45, 2.75) is 6.18 Å². The number of halogens is 3. The number of nitrogens with zero attached hydrogens (tertiary/aromatic N) is 1. The maximum absolute atomic E-state index is 12.9. The third kappa shape index (κ3) is 2.45. The van der Waals surface area contributed by atoms with E-state index in [2.05, 4.69) is 4.98 Å². The van der Waals surface area contributed by atoms with Crippen LogP contribution in [0.3, 0.4) is 0 Å². The number of aromatic nitrogens is 1. The molecule has 0 saturated carbocycles. The van der Waals surface area contributed by atoms with E-state index in [0.29, 0.717) is 11.3 Å². The van der Waals surface area contributed by atoms with E-state index in [0.717, 1.165) is 6.07 Å². The second-order valence-corrected chi connectivity index (χ2v) is 3.66. The number of hydrogen-bond donors (Lipinski definition) is 0. The highest BCUT2D eigenvalue weighted by molar-refractivity contribution is 5.68. The van der Waals surface area contributed by atoms with Crippen LogP contribution in [0.1, 0.15) is 5.56 Å². The van der Waals surface area contributed by atoms with Crippen molar-refractivity contribution < 1.29 is 17.9 Å². The van der Waals surface area contributed by atoms with E-state index in [-0.39, 0.29) is 5.56 Å². The van der Waals surface area contributed by atoms with E-state index in [1.54, 1.807) is 6.07 Å². The molecule has 0 fully saturated rings. The minimum atomic E-state index is -4.39. The molecule has 0 aliphatic carbocycles. The predicted octanol–water partition coefficient (Wildman–Crippen LogP) is 3.78. The minimum Gasteiger partial charge on any atom is -0.495 e. The van der Waals surface area contributed by atoms with Gasteiger partial charge in [0.05, 0.1) is 18.9 Å². The van der Waals surface area contributed by atoms with Gasteiger partial charge in [-0.2, -0.15) is 13.2 Å². The van der Waals surface area contributed by atoms with E-state index >= 15 is 0 Å². The Hall–Kier alpha value is -2.04. The molecular formula is C13H10F3NO. The lowest BCUT2D eigenvalue weighted by atomic mass is 10.0. The number of methoxy groups -OCH3 is 1. The number of benzene rings is 1. The highest BCUT2D eigenvalue weighted by Gasteiger charge is 2.33. The lowest BCUT2D eigenvalue weighted by molar-refractivity contribution is -0.137. The van der Waals surface area contributed by atoms with Crippen molar-refractivity contribution in [3.63, 3.8) is 0 Å². The SMILES string of the molecule is COc1cncc(-c2ccccc2C(F)(F)F)c1. The van der Waals surface area contributed by atoms with Crippen molar-refractivity contribution >= 4 is 0 Å². The topological polar surface area (TPSA) is 22.1 Å². The molecule has 0 aliphatic rings. The Morgan fingerprint density at radius 1 is 1.11 bits per heavy atom. The van der Waals surface area contributed by atoms with Crippen LogP contribution in [-0.2, 0) is 6.18 Å². The molecule has 0 aliphatic heterocycles. The molecule has 0 saturated heterocycles. The van der Waals surface area contributed by atoms with Crippen LogP contribution in [0.4, 0.5) is 13.2 Å². The molecule has 0 N–H and O–H groups in total. The van der Waals surface area contributed by atoms with Crippen molar-refractivity contribution in [3.8, 4) is 16.9 Å². The first kappa shape index (κ1) is 12.4. The van der Waals surface area contributed by atoms with Gasteiger partial charge in [-0.3, -0.25) is 4.98 Å². The Kier molecular flexibility index (Phi) is 3.23. The summed E-state index contributed by atoms with van der Waals surface area (Å²) in [7, 11) is 1.44. The number of pyridine rings is 1. The van der Waals surface area contributed by atoms with Gasteiger partial charge in [0.1, 0.15) is 5.75 Å². The summed E-state index contributed by atoms with van der Waals surface area (Å²) in [5.74, 6) is 0.421. The zero-order chi connectivity index (χ0) is 13.2. The van der Waals surface area contributed by atoms with Crippen LogP contribution in [-0.4, -0.2) is 12.1 Å². The van der Waals surface area contributed by atoms with Crippen LogP contribution in [0, 0.1) is 0 Å². The summed E-state index contributed by atoms with van der Waals surface area (Å²) in [6.45, 7) is 0. The van der Waals surface area contributed by atoms with E-state index in [1.165, 1.54) is 37.7 Å². The van der Waals surface area contributed by atoms with Crippen molar-refractivity contribution in [2.24, 2.45) is 0 Å². The van der Waals surface area contributed by atoms with Gasteiger partial charge in [-0.1, -0.05) is 18.2 Å². The maximum Gasteiger partial charge on any atom is 0.417 e. The monoisotopic (exact) mass is 253 g/mol. The summed E-state index contributed by atoms with van der Waals surface area (Å²) in [4.78, 5) is 3.86. The van der Waals surface area contributed by atoms with E-state index in [9.17, 15) is 13.2 Å². The fourth-order valence-electron chi connectivity index (χ4n) is 1.66. The molecule has 2 aromatic rings. The summed E-state index contributed by atoms with van der Waals surface area (Å²) < 4.78 is 43.6. The van der Waals surface area contributed by atoms with Crippen molar-refractivity contribution in [3.05, 3.63) is 48.3 Å². The normalized spacial score (nSPS) is 11.3. The third-order valence-electron chi connectivity index (χ3n) is 2.49. The summed E-state index contributed by atoms with van der Waals surface area (Å²) in [6, 6.07) is 6.91. The molecule has 0 unspecified atom stereocenters. The molecule has 0 radical (unpaired) electrons. The van der Waals surface area contributed by atoms with Gasteiger partial charge in [-0.05, 0) is 17.7 Å². The molecular weight excluding hydrogens is 243 g/mol. The van der Waals surface area contributed by atoms with Crippen LogP contribution in [0.25, 0.3) is 11.1 Å². The van der Waals surface area contributed by atoms with Crippen molar-refractivity contribution in [1.82, 2.24) is 4.98 Å². The second-order valence-electron chi connectivity index (χ2n) is 3.66. The molecule has 2 nitrogen and oxygen atoms in total. The molecule has 0 spiro atoms. The van der Waals surface area contributed by atoms with Crippen LogP contribution in [0.2, 0.25) is 0 Å². The quantitative estimate of drug-likeness (QED) is 0.812. The van der Waals surface area contributed by atoms with Crippen LogP contribution in [0.15, 0.2) is 42.7 Å². The molecule has 0 atom stereocenters. The summed E-state index contributed by atoms with van der Waals surface area (Å²) in [5, 5.41) is 0. The van der Waals surface area contributed by atoms with E-state index in [1.807, 2.05) is 0 Å². The van der Waals surface area contributed by atoms with Gasteiger partial charge in [0, 0.05) is 11.8 Å². The highest BCUT2D eigenvalue weighted by Crippen LogP contribution is 2.37. The molecule has 1 aromatic heterocycles. The molecule has 1 aromatic carbocycles. The summed E-state index contributed by atoms with van der Waals surface area (Å²) in [6.07, 6.45) is -1.56. The first-order valence-corrected chi connectivity index (χ1v) is 5.18. The molecule has 0 amide bonds. The smallest absolute Gasteiger partial charge is 0.417 e. The number of alkyl halides is 3. The molecule has 18 heavy (non-hydrogen) atoms. The van der Waals surface area contributed by atoms with Gasteiger partial charge in [-0.15, -0.1) is 0 Å². The van der Waals surface area contributed by atoms with Gasteiger partial charge < -0.3 is 4.74 Å². The van der Waals surface area contributed by atoms with Crippen molar-refractivity contribution in [1.29, 1.82) is 0 Å². The Balaban J connectivity index is 2.57. The largest absolute Gasteiger partial charge is 0.495 e. The van der Waals surface area contributed by atoms with Gasteiger partial charge in [0.15, 0.2) is 0 Å². The minimum absolute atomic E-state index is 0.0939. The van der Waals surface area contributed by atoms with Gasteiger partial charge in [0.2, 0.25) is 0 Å². The lowest BCUT2D eigenvalue weighted by Crippen LogP contribution is -2.06. The average molecular weight is 253 g/mol. The summed E-state index contributed by atoms with van der Waals surface area (Å²) in [5.41, 5.74) is -0.210. The first-order chi connectivity index (χ1) is 8.52. The Bertz CT molecular complexity index is 552. The molecule has 5 heteroatoms. The highest BCUT2D eigenvalue weighted by atomic mass is 19.4. The first-order valence-electron chi connectivity index (χ1n) is 5.18. The Morgan fingerprint density at radius 2 is 1.83 bits per heavy atom. The number of rotatable bonds is 2. The zero-order valence-electron chi connectivity index (χ0n) is 9.53. The number of ether oxygens (including phenoxy) is 1. The Labute approximate surface area is 102 Å². The average Bonchev–Trinajstić information content (AvgIpc) is 2.38. The van der Waals surface area contributed by atoms with Crippen LogP contribution in [0.5, 0.6) is 5.75 Å². The summed E-state index contributed by atoms with van der Waals surface area (Å²) >= 11 is 0. The fraction of sp³-hybridized carbons (Fsp3) is 0.154. The lowest BCUT2D eigenvalue weighted by Gasteiger charge is -2.12. The number of hydrogen-bond acceptors (Lipinski definition) is 2. The van der Waals surface area contributed by atoms with Crippen LogP contribution >= 0.6 is 0 Å². The molecule has 0 bridgehead atoms. The van der Waals surface area contributed by atoms with E-state index < -0.39 is 11.7 Å². The Morgan fingerprint density at radius 3 is 2.50 bits per heavy atom. The molecule has 94 valence electrons. The zero-order valence-corrected chi connectivity index (χ0v) is 9.53. The van der Waals surface area contributed by atoms with Gasteiger partial charge in [-0.25, -0.2) is 0 Å². The molecule has 2 rings (SSSR count).